The molecule has 0 spiro atoms. The monoisotopic (exact) mass is 339 g/mol. The second kappa shape index (κ2) is 6.90. The Labute approximate surface area is 148 Å². The van der Waals surface area contributed by atoms with Crippen molar-refractivity contribution < 1.29 is 9.53 Å². The van der Waals surface area contributed by atoms with Gasteiger partial charge in [0.2, 0.25) is 0 Å². The minimum atomic E-state index is -0.00221. The van der Waals surface area contributed by atoms with Crippen molar-refractivity contribution in [3.63, 3.8) is 0 Å². The number of hydrogen-bond donors (Lipinski definition) is 2. The molecule has 0 radical (unpaired) electrons. The Hall–Kier alpha value is -2.30. The van der Waals surface area contributed by atoms with Gasteiger partial charge in [0.15, 0.2) is 0 Å². The van der Waals surface area contributed by atoms with Crippen LogP contribution in [0.15, 0.2) is 18.2 Å². The number of benzene rings is 1. The molecule has 2 aliphatic rings. The van der Waals surface area contributed by atoms with Crippen LogP contribution in [0.25, 0.3) is 11.3 Å². The highest BCUT2D eigenvalue weighted by molar-refractivity contribution is 5.96. The van der Waals surface area contributed by atoms with Gasteiger partial charge in [0, 0.05) is 17.2 Å². The van der Waals surface area contributed by atoms with Crippen LogP contribution in [0.1, 0.15) is 60.1 Å². The van der Waals surface area contributed by atoms with Crippen LogP contribution in [0.3, 0.4) is 0 Å². The van der Waals surface area contributed by atoms with E-state index in [9.17, 15) is 4.79 Å². The summed E-state index contributed by atoms with van der Waals surface area (Å²) in [5.41, 5.74) is 4.93. The minimum Gasteiger partial charge on any atom is -0.497 e. The molecule has 1 aromatic carbocycles. The minimum absolute atomic E-state index is 0.00221. The van der Waals surface area contributed by atoms with E-state index in [2.05, 4.69) is 21.6 Å². The highest BCUT2D eigenvalue weighted by Gasteiger charge is 2.26. The third-order valence-corrected chi connectivity index (χ3v) is 5.50. The van der Waals surface area contributed by atoms with Crippen LogP contribution < -0.4 is 10.1 Å². The summed E-state index contributed by atoms with van der Waals surface area (Å²) in [7, 11) is 1.68. The zero-order valence-electron chi connectivity index (χ0n) is 14.7. The Balaban J connectivity index is 1.57. The predicted molar refractivity (Wildman–Crippen MR) is 96.9 cm³/mol. The van der Waals surface area contributed by atoms with Crippen LogP contribution in [-0.2, 0) is 12.8 Å². The van der Waals surface area contributed by atoms with Crippen molar-refractivity contribution >= 4 is 5.91 Å². The van der Waals surface area contributed by atoms with Gasteiger partial charge in [-0.2, -0.15) is 5.10 Å². The Morgan fingerprint density at radius 1 is 1.20 bits per heavy atom. The predicted octanol–water partition coefficient (Wildman–Crippen LogP) is 3.64. The van der Waals surface area contributed by atoms with Crippen molar-refractivity contribution in [3.05, 3.63) is 35.0 Å². The quantitative estimate of drug-likeness (QED) is 0.839. The molecule has 1 amide bonds. The van der Waals surface area contributed by atoms with Gasteiger partial charge in [0.05, 0.1) is 12.8 Å². The summed E-state index contributed by atoms with van der Waals surface area (Å²) in [4.78, 5) is 12.8. The standard InChI is InChI=1S/C20H25N3O2/c1-25-15-9-11-16-13(12-15)8-10-17-18(16)22-23-19(17)20(24)21-14-6-4-2-3-5-7-14/h9,11-12,14H,2-8,10H2,1H3,(H,21,24)(H,22,23). The molecule has 5 nitrogen and oxygen atoms in total. The maximum Gasteiger partial charge on any atom is 0.269 e. The Morgan fingerprint density at radius 2 is 2.00 bits per heavy atom. The van der Waals surface area contributed by atoms with Gasteiger partial charge in [-0.05, 0) is 49.4 Å². The molecule has 0 bridgehead atoms. The zero-order valence-corrected chi connectivity index (χ0v) is 14.7. The molecule has 1 saturated carbocycles. The maximum absolute atomic E-state index is 12.8. The van der Waals surface area contributed by atoms with Crippen LogP contribution in [-0.4, -0.2) is 29.3 Å². The van der Waals surface area contributed by atoms with E-state index in [0.29, 0.717) is 11.7 Å². The second-order valence-electron chi connectivity index (χ2n) is 7.11. The summed E-state index contributed by atoms with van der Waals surface area (Å²) >= 11 is 0. The molecule has 0 aliphatic heterocycles. The summed E-state index contributed by atoms with van der Waals surface area (Å²) in [6, 6.07) is 6.36. The van der Waals surface area contributed by atoms with E-state index >= 15 is 0 Å². The van der Waals surface area contributed by atoms with E-state index in [-0.39, 0.29) is 5.91 Å². The Kier molecular flexibility index (Phi) is 4.47. The van der Waals surface area contributed by atoms with Crippen LogP contribution in [0.4, 0.5) is 0 Å². The van der Waals surface area contributed by atoms with E-state index < -0.39 is 0 Å². The summed E-state index contributed by atoms with van der Waals surface area (Å²) in [5, 5.41) is 10.7. The van der Waals surface area contributed by atoms with E-state index in [4.69, 9.17) is 4.74 Å². The number of fused-ring (bicyclic) bond motifs is 3. The van der Waals surface area contributed by atoms with Crippen LogP contribution in [0.2, 0.25) is 0 Å². The number of nitrogens with zero attached hydrogens (tertiary/aromatic N) is 1. The Bertz CT molecular complexity index is 773. The molecule has 5 heteroatoms. The molecule has 0 saturated heterocycles. The van der Waals surface area contributed by atoms with Crippen molar-refractivity contribution in [1.29, 1.82) is 0 Å². The highest BCUT2D eigenvalue weighted by atomic mass is 16.5. The van der Waals surface area contributed by atoms with E-state index in [0.717, 1.165) is 48.3 Å². The molecule has 25 heavy (non-hydrogen) atoms. The number of hydrogen-bond acceptors (Lipinski definition) is 3. The molecular formula is C20H25N3O2. The number of amides is 1. The van der Waals surface area contributed by atoms with Gasteiger partial charge in [-0.25, -0.2) is 0 Å². The summed E-state index contributed by atoms with van der Waals surface area (Å²) in [6.45, 7) is 0. The number of carbonyl (C=O) groups is 1. The first kappa shape index (κ1) is 16.2. The lowest BCUT2D eigenvalue weighted by atomic mass is 9.88. The number of rotatable bonds is 3. The first-order valence-corrected chi connectivity index (χ1v) is 9.31. The van der Waals surface area contributed by atoms with Gasteiger partial charge in [-0.15, -0.1) is 0 Å². The maximum atomic E-state index is 12.8. The average Bonchev–Trinajstić information content (AvgIpc) is 2.92. The lowest BCUT2D eigenvalue weighted by Crippen LogP contribution is -2.35. The van der Waals surface area contributed by atoms with Crippen molar-refractivity contribution in [3.8, 4) is 17.0 Å². The van der Waals surface area contributed by atoms with Crippen LogP contribution >= 0.6 is 0 Å². The molecule has 1 fully saturated rings. The molecule has 2 N–H and O–H groups in total. The third-order valence-electron chi connectivity index (χ3n) is 5.50. The zero-order chi connectivity index (χ0) is 17.2. The lowest BCUT2D eigenvalue weighted by molar-refractivity contribution is 0.0927. The number of ether oxygens (including phenoxy) is 1. The smallest absolute Gasteiger partial charge is 0.269 e. The molecule has 1 aromatic heterocycles. The number of carbonyl (C=O) groups excluding carboxylic acids is 1. The number of methoxy groups -OCH3 is 1. The van der Waals surface area contributed by atoms with Gasteiger partial charge in [0.1, 0.15) is 11.4 Å². The number of aromatic amines is 1. The van der Waals surface area contributed by atoms with Crippen molar-refractivity contribution in [2.45, 2.75) is 57.4 Å². The summed E-state index contributed by atoms with van der Waals surface area (Å²) in [6.07, 6.45) is 8.90. The molecule has 0 atom stereocenters. The van der Waals surface area contributed by atoms with Gasteiger partial charge >= 0.3 is 0 Å². The first-order valence-electron chi connectivity index (χ1n) is 9.31. The van der Waals surface area contributed by atoms with E-state index in [1.54, 1.807) is 7.11 Å². The van der Waals surface area contributed by atoms with Gasteiger partial charge < -0.3 is 10.1 Å². The summed E-state index contributed by atoms with van der Waals surface area (Å²) in [5.74, 6) is 0.863. The number of nitrogens with one attached hydrogen (secondary N) is 2. The second-order valence-corrected chi connectivity index (χ2v) is 7.11. The highest BCUT2D eigenvalue weighted by Crippen LogP contribution is 2.35. The largest absolute Gasteiger partial charge is 0.497 e. The average molecular weight is 339 g/mol. The van der Waals surface area contributed by atoms with Gasteiger partial charge in [-0.1, -0.05) is 25.7 Å². The van der Waals surface area contributed by atoms with E-state index in [1.165, 1.54) is 31.2 Å². The molecule has 1 heterocycles. The molecule has 4 rings (SSSR count). The fraction of sp³-hybridized carbons (Fsp3) is 0.500. The third kappa shape index (κ3) is 3.15. The topological polar surface area (TPSA) is 67.0 Å². The van der Waals surface area contributed by atoms with E-state index in [1.807, 2.05) is 12.1 Å². The van der Waals surface area contributed by atoms with Gasteiger partial charge in [0.25, 0.3) is 5.91 Å². The number of aromatic nitrogens is 2. The fourth-order valence-corrected chi connectivity index (χ4v) is 4.10. The number of aryl methyl sites for hydroxylation is 1. The Morgan fingerprint density at radius 3 is 2.76 bits per heavy atom. The van der Waals surface area contributed by atoms with Crippen molar-refractivity contribution in [2.75, 3.05) is 7.11 Å². The lowest BCUT2D eigenvalue weighted by Gasteiger charge is -2.18. The molecule has 0 unspecified atom stereocenters. The molecule has 132 valence electrons. The summed E-state index contributed by atoms with van der Waals surface area (Å²) < 4.78 is 5.31. The SMILES string of the molecule is COc1ccc2c(c1)CCc1c-2n[nH]c1C(=O)NC1CCCCCC1. The van der Waals surface area contributed by atoms with Crippen molar-refractivity contribution in [1.82, 2.24) is 15.5 Å². The first-order chi connectivity index (χ1) is 12.3. The molecular weight excluding hydrogens is 314 g/mol. The van der Waals surface area contributed by atoms with Gasteiger partial charge in [-0.3, -0.25) is 9.89 Å². The molecule has 2 aromatic rings. The van der Waals surface area contributed by atoms with Crippen LogP contribution in [0.5, 0.6) is 5.75 Å². The number of H-pyrrole nitrogens is 1. The fourth-order valence-electron chi connectivity index (χ4n) is 4.10. The normalized spacial score (nSPS) is 17.3. The van der Waals surface area contributed by atoms with Crippen molar-refractivity contribution in [2.24, 2.45) is 0 Å². The van der Waals surface area contributed by atoms with Crippen LogP contribution in [0, 0.1) is 0 Å². The molecule has 2 aliphatic carbocycles.